The lowest BCUT2D eigenvalue weighted by Crippen LogP contribution is -2.56. The number of anilines is 1. The van der Waals surface area contributed by atoms with Gasteiger partial charge in [0, 0.05) is 49.7 Å². The molecule has 4 aromatic rings. The lowest BCUT2D eigenvalue weighted by atomic mass is 10.1. The highest BCUT2D eigenvalue weighted by molar-refractivity contribution is 5.90. The molecule has 2 aliphatic rings. The summed E-state index contributed by atoms with van der Waals surface area (Å²) in [7, 11) is 0. The van der Waals surface area contributed by atoms with Crippen molar-refractivity contribution in [2.75, 3.05) is 31.1 Å². The Hall–Kier alpha value is -3.72. The Morgan fingerprint density at radius 1 is 1.11 bits per heavy atom. The number of rotatable bonds is 6. The van der Waals surface area contributed by atoms with Gasteiger partial charge in [-0.1, -0.05) is 13.0 Å². The first-order valence-electron chi connectivity index (χ1n) is 12.5. The smallest absolute Gasteiger partial charge is 0.147 e. The van der Waals surface area contributed by atoms with Gasteiger partial charge in [0.25, 0.3) is 0 Å². The zero-order chi connectivity index (χ0) is 23.8. The Kier molecular flexibility index (Phi) is 5.69. The molecule has 2 saturated heterocycles. The van der Waals surface area contributed by atoms with E-state index in [4.69, 9.17) is 15.7 Å². The van der Waals surface area contributed by atoms with Crippen molar-refractivity contribution in [1.82, 2.24) is 35.0 Å². The summed E-state index contributed by atoms with van der Waals surface area (Å²) in [5, 5.41) is 7.73. The van der Waals surface area contributed by atoms with Gasteiger partial charge in [0.1, 0.15) is 22.7 Å². The van der Waals surface area contributed by atoms with Gasteiger partial charge in [-0.25, -0.2) is 9.97 Å². The molecule has 2 aliphatic heterocycles. The summed E-state index contributed by atoms with van der Waals surface area (Å²) < 4.78 is 0. The van der Waals surface area contributed by atoms with Gasteiger partial charge in [0.05, 0.1) is 29.3 Å². The van der Waals surface area contributed by atoms with Crippen molar-refractivity contribution in [2.24, 2.45) is 5.73 Å². The number of piperidine rings is 1. The lowest BCUT2D eigenvalue weighted by Gasteiger charge is -2.37. The molecule has 0 atom stereocenters. The molecule has 4 N–H and O–H groups in total. The fourth-order valence-corrected chi connectivity index (χ4v) is 5.00. The molecule has 4 aromatic heterocycles. The molecule has 0 radical (unpaired) electrons. The monoisotopic (exact) mass is 469 g/mol. The summed E-state index contributed by atoms with van der Waals surface area (Å²) >= 11 is 0. The van der Waals surface area contributed by atoms with E-state index in [1.807, 2.05) is 12.1 Å². The Balaban J connectivity index is 1.32. The molecule has 0 aromatic carbocycles. The molecule has 35 heavy (non-hydrogen) atoms. The summed E-state index contributed by atoms with van der Waals surface area (Å²) in [5.74, 6) is 0.834. The van der Waals surface area contributed by atoms with Crippen molar-refractivity contribution in [1.29, 1.82) is 0 Å². The average molecular weight is 470 g/mol. The van der Waals surface area contributed by atoms with Crippen LogP contribution < -0.4 is 10.6 Å². The Bertz CT molecular complexity index is 1360. The number of nitrogens with two attached hydrogens (primary N) is 1. The second kappa shape index (κ2) is 9.14. The van der Waals surface area contributed by atoms with E-state index in [2.05, 4.69) is 55.2 Å². The first kappa shape index (κ1) is 21.8. The summed E-state index contributed by atoms with van der Waals surface area (Å²) in [6.07, 6.45) is 12.8. The van der Waals surface area contributed by atoms with Gasteiger partial charge in [-0.15, -0.1) is 0 Å². The number of hydrogen-bond donors (Lipinski definition) is 3. The second-order valence-electron chi connectivity index (χ2n) is 9.44. The van der Waals surface area contributed by atoms with Crippen LogP contribution in [0, 0.1) is 0 Å². The highest BCUT2D eigenvalue weighted by Crippen LogP contribution is 2.31. The topological polar surface area (TPSA) is 116 Å². The van der Waals surface area contributed by atoms with E-state index in [-0.39, 0.29) is 6.04 Å². The summed E-state index contributed by atoms with van der Waals surface area (Å²) in [6.45, 7) is 6.03. The minimum Gasteiger partial charge on any atom is -0.371 e. The molecule has 0 saturated carbocycles. The quantitative estimate of drug-likeness (QED) is 0.393. The van der Waals surface area contributed by atoms with Crippen molar-refractivity contribution in [3.8, 4) is 22.8 Å². The first-order valence-corrected chi connectivity index (χ1v) is 12.5. The summed E-state index contributed by atoms with van der Waals surface area (Å²) in [4.78, 5) is 22.2. The molecule has 180 valence electrons. The second-order valence-corrected chi connectivity index (χ2v) is 9.44. The van der Waals surface area contributed by atoms with Gasteiger partial charge in [-0.3, -0.25) is 10.1 Å². The molecule has 9 heteroatoms. The number of pyridine rings is 1. The number of fused-ring (bicyclic) bond motifs is 1. The van der Waals surface area contributed by atoms with Crippen molar-refractivity contribution < 1.29 is 0 Å². The van der Waals surface area contributed by atoms with Crippen LogP contribution in [0.2, 0.25) is 0 Å². The molecular formula is C26H31N9. The third-order valence-electron chi connectivity index (χ3n) is 6.85. The van der Waals surface area contributed by atoms with Gasteiger partial charge in [-0.05, 0) is 43.9 Å². The average Bonchev–Trinajstić information content (AvgIpc) is 3.53. The SMILES string of the molecule is CC/C=C(\c1c[nH]c(-c2n[nH]c3ccc(-c4cncc(N5CC(N)C5)n4)nc23)c1)N1CCCCC1. The van der Waals surface area contributed by atoms with Crippen molar-refractivity contribution in [2.45, 2.75) is 38.6 Å². The van der Waals surface area contributed by atoms with E-state index in [1.165, 1.54) is 30.5 Å². The van der Waals surface area contributed by atoms with Gasteiger partial charge in [-0.2, -0.15) is 5.10 Å². The largest absolute Gasteiger partial charge is 0.371 e. The van der Waals surface area contributed by atoms with E-state index < -0.39 is 0 Å². The van der Waals surface area contributed by atoms with E-state index in [9.17, 15) is 0 Å². The number of hydrogen-bond acceptors (Lipinski definition) is 7. The fraction of sp³-hybridized carbons (Fsp3) is 0.385. The standard InChI is InChI=1S/C26H31N9/c1-2-6-23(34-9-4-3-5-10-34)17-11-21(29-12-17)26-25-20(32-33-26)8-7-19(31-25)22-13-28-14-24(30-22)35-15-18(27)16-35/h6-8,11-14,18,29H,2-5,9-10,15-16,27H2,1H3,(H,32,33)/b23-6+. The highest BCUT2D eigenvalue weighted by Gasteiger charge is 2.25. The minimum absolute atomic E-state index is 0.205. The predicted molar refractivity (Wildman–Crippen MR) is 139 cm³/mol. The van der Waals surface area contributed by atoms with E-state index in [0.717, 1.165) is 72.2 Å². The zero-order valence-electron chi connectivity index (χ0n) is 20.0. The van der Waals surface area contributed by atoms with Crippen LogP contribution in [-0.4, -0.2) is 67.3 Å². The maximum atomic E-state index is 5.94. The molecule has 0 bridgehead atoms. The normalized spacial score (nSPS) is 17.3. The van der Waals surface area contributed by atoms with Gasteiger partial charge >= 0.3 is 0 Å². The molecule has 0 aliphatic carbocycles. The minimum atomic E-state index is 0.205. The van der Waals surface area contributed by atoms with E-state index in [1.54, 1.807) is 12.4 Å². The van der Waals surface area contributed by atoms with Crippen molar-refractivity contribution in [3.63, 3.8) is 0 Å². The molecular weight excluding hydrogens is 438 g/mol. The fourth-order valence-electron chi connectivity index (χ4n) is 5.00. The molecule has 0 unspecified atom stereocenters. The van der Waals surface area contributed by atoms with Crippen LogP contribution in [0.3, 0.4) is 0 Å². The molecule has 2 fully saturated rings. The summed E-state index contributed by atoms with van der Waals surface area (Å²) in [5.41, 5.74) is 13.4. The zero-order valence-corrected chi connectivity index (χ0v) is 20.0. The van der Waals surface area contributed by atoms with E-state index >= 15 is 0 Å². The molecule has 0 spiro atoms. The molecule has 6 rings (SSSR count). The van der Waals surface area contributed by atoms with Crippen LogP contribution in [0.25, 0.3) is 39.5 Å². The van der Waals surface area contributed by atoms with Crippen LogP contribution in [0.15, 0.2) is 42.9 Å². The third-order valence-corrected chi connectivity index (χ3v) is 6.85. The van der Waals surface area contributed by atoms with Gasteiger partial charge < -0.3 is 20.5 Å². The maximum absolute atomic E-state index is 5.94. The first-order chi connectivity index (χ1) is 17.2. The number of nitrogens with zero attached hydrogens (tertiary/aromatic N) is 6. The van der Waals surface area contributed by atoms with Crippen molar-refractivity contribution >= 4 is 22.5 Å². The number of nitrogens with one attached hydrogen (secondary N) is 2. The summed E-state index contributed by atoms with van der Waals surface area (Å²) in [6, 6.07) is 6.35. The van der Waals surface area contributed by atoms with Crippen LogP contribution in [0.5, 0.6) is 0 Å². The van der Waals surface area contributed by atoms with Crippen LogP contribution in [-0.2, 0) is 0 Å². The Morgan fingerprint density at radius 3 is 2.77 bits per heavy atom. The van der Waals surface area contributed by atoms with Crippen molar-refractivity contribution in [3.05, 3.63) is 48.4 Å². The molecule has 6 heterocycles. The number of allylic oxidation sites excluding steroid dienone is 1. The number of likely N-dealkylation sites (tertiary alicyclic amines) is 1. The van der Waals surface area contributed by atoms with Gasteiger partial charge in [0.2, 0.25) is 0 Å². The lowest BCUT2D eigenvalue weighted by molar-refractivity contribution is 0.325. The van der Waals surface area contributed by atoms with Crippen LogP contribution >= 0.6 is 0 Å². The predicted octanol–water partition coefficient (Wildman–Crippen LogP) is 3.79. The molecule has 0 amide bonds. The van der Waals surface area contributed by atoms with Crippen LogP contribution in [0.4, 0.5) is 5.82 Å². The molecule has 9 nitrogen and oxygen atoms in total. The Labute approximate surface area is 204 Å². The number of aromatic nitrogens is 6. The highest BCUT2D eigenvalue weighted by atomic mass is 15.3. The number of aromatic amines is 2. The van der Waals surface area contributed by atoms with Gasteiger partial charge in [0.15, 0.2) is 0 Å². The third kappa shape index (κ3) is 4.16. The van der Waals surface area contributed by atoms with Crippen LogP contribution in [0.1, 0.15) is 38.2 Å². The Morgan fingerprint density at radius 2 is 1.97 bits per heavy atom. The van der Waals surface area contributed by atoms with E-state index in [0.29, 0.717) is 0 Å². The number of H-pyrrole nitrogens is 2. The maximum Gasteiger partial charge on any atom is 0.147 e.